The molecule has 2 aromatic heterocycles. The highest BCUT2D eigenvalue weighted by atomic mass is 79.9. The maximum atomic E-state index is 11.9. The van der Waals surface area contributed by atoms with Gasteiger partial charge in [0, 0.05) is 6.54 Å². The number of aromatic nitrogens is 3. The molecule has 6 heteroatoms. The van der Waals surface area contributed by atoms with Gasteiger partial charge in [-0.1, -0.05) is 0 Å². The van der Waals surface area contributed by atoms with E-state index in [2.05, 4.69) is 31.3 Å². The molecule has 0 bridgehead atoms. The summed E-state index contributed by atoms with van der Waals surface area (Å²) in [6.45, 7) is -0.143. The van der Waals surface area contributed by atoms with Crippen LogP contribution in [0.4, 0.5) is 10.2 Å². The predicted octanol–water partition coefficient (Wildman–Crippen LogP) is 1.87. The van der Waals surface area contributed by atoms with Crippen LogP contribution >= 0.6 is 15.9 Å². The lowest BCUT2D eigenvalue weighted by molar-refractivity contribution is 0.512. The summed E-state index contributed by atoms with van der Waals surface area (Å²) in [4.78, 5) is 4.09. The van der Waals surface area contributed by atoms with Crippen LogP contribution in [0.5, 0.6) is 0 Å². The van der Waals surface area contributed by atoms with E-state index in [-0.39, 0.29) is 6.54 Å². The fourth-order valence-electron chi connectivity index (χ4n) is 1.11. The van der Waals surface area contributed by atoms with Crippen LogP contribution in [0.15, 0.2) is 22.9 Å². The van der Waals surface area contributed by atoms with Gasteiger partial charge in [0.25, 0.3) is 0 Å². The molecule has 14 heavy (non-hydrogen) atoms. The molecule has 74 valence electrons. The number of rotatable bonds is 3. The van der Waals surface area contributed by atoms with Crippen molar-refractivity contribution >= 4 is 27.4 Å². The molecule has 0 aliphatic carbocycles. The molecule has 0 saturated heterocycles. The Morgan fingerprint density at radius 3 is 3.14 bits per heavy atom. The van der Waals surface area contributed by atoms with Crippen LogP contribution in [0.2, 0.25) is 0 Å². The first-order valence-corrected chi connectivity index (χ1v) is 4.90. The summed E-state index contributed by atoms with van der Waals surface area (Å²) in [7, 11) is 0. The molecule has 0 saturated carbocycles. The second-order valence-corrected chi connectivity index (χ2v) is 3.50. The van der Waals surface area contributed by atoms with Crippen LogP contribution in [-0.4, -0.2) is 27.8 Å². The van der Waals surface area contributed by atoms with Crippen molar-refractivity contribution in [1.82, 2.24) is 14.6 Å². The Hall–Kier alpha value is -1.17. The molecule has 0 amide bonds. The Bertz CT molecular complexity index is 442. The van der Waals surface area contributed by atoms with Crippen LogP contribution in [0, 0.1) is 0 Å². The van der Waals surface area contributed by atoms with Crippen LogP contribution < -0.4 is 5.32 Å². The minimum Gasteiger partial charge on any atom is -0.366 e. The highest BCUT2D eigenvalue weighted by Gasteiger charge is 2.01. The summed E-state index contributed by atoms with van der Waals surface area (Å²) >= 11 is 3.31. The van der Waals surface area contributed by atoms with Crippen molar-refractivity contribution in [2.75, 3.05) is 18.5 Å². The molecule has 0 spiro atoms. The standard InChI is InChI=1S/C8H8BrFN4/c9-6-5-12-8-2-1-7(11-4-3-10)13-14(6)8/h1-2,5H,3-4H2,(H,11,13). The number of alkyl halides is 1. The maximum absolute atomic E-state index is 11.9. The van der Waals surface area contributed by atoms with E-state index in [4.69, 9.17) is 0 Å². The zero-order chi connectivity index (χ0) is 9.97. The number of nitrogens with one attached hydrogen (secondary N) is 1. The lowest BCUT2D eigenvalue weighted by Gasteiger charge is -2.02. The molecule has 0 aromatic carbocycles. The molecule has 2 heterocycles. The minimum atomic E-state index is -0.412. The van der Waals surface area contributed by atoms with E-state index in [1.54, 1.807) is 16.8 Å². The Balaban J connectivity index is 2.34. The topological polar surface area (TPSA) is 42.2 Å². The molecule has 4 nitrogen and oxygen atoms in total. The Morgan fingerprint density at radius 1 is 1.50 bits per heavy atom. The second-order valence-electron chi connectivity index (χ2n) is 2.69. The average molecular weight is 259 g/mol. The molecule has 0 radical (unpaired) electrons. The lowest BCUT2D eigenvalue weighted by atomic mass is 10.5. The number of nitrogens with zero attached hydrogens (tertiary/aromatic N) is 3. The van der Waals surface area contributed by atoms with Crippen molar-refractivity contribution in [1.29, 1.82) is 0 Å². The molecule has 0 atom stereocenters. The summed E-state index contributed by atoms with van der Waals surface area (Å²) in [5, 5.41) is 7.05. The van der Waals surface area contributed by atoms with Gasteiger partial charge in [0.1, 0.15) is 17.1 Å². The fraction of sp³-hybridized carbons (Fsp3) is 0.250. The molecular formula is C8H8BrFN4. The van der Waals surface area contributed by atoms with Gasteiger partial charge in [-0.25, -0.2) is 13.9 Å². The van der Waals surface area contributed by atoms with Crippen molar-refractivity contribution in [2.24, 2.45) is 0 Å². The highest BCUT2D eigenvalue weighted by molar-refractivity contribution is 9.10. The van der Waals surface area contributed by atoms with Gasteiger partial charge in [0.2, 0.25) is 0 Å². The second kappa shape index (κ2) is 3.91. The molecule has 2 rings (SSSR count). The molecule has 0 fully saturated rings. The monoisotopic (exact) mass is 258 g/mol. The maximum Gasteiger partial charge on any atom is 0.154 e. The summed E-state index contributed by atoms with van der Waals surface area (Å²) in [6.07, 6.45) is 1.67. The first-order chi connectivity index (χ1) is 6.81. The van der Waals surface area contributed by atoms with E-state index in [0.717, 1.165) is 10.3 Å². The van der Waals surface area contributed by atoms with Gasteiger partial charge < -0.3 is 5.32 Å². The molecule has 0 aliphatic rings. The van der Waals surface area contributed by atoms with Crippen LogP contribution in [0.25, 0.3) is 5.65 Å². The molecule has 0 unspecified atom stereocenters. The number of anilines is 1. The van der Waals surface area contributed by atoms with Gasteiger partial charge in [0.15, 0.2) is 5.65 Å². The third-order valence-corrected chi connectivity index (χ3v) is 2.26. The predicted molar refractivity (Wildman–Crippen MR) is 55.2 cm³/mol. The number of imidazole rings is 1. The minimum absolute atomic E-state index is 0.269. The highest BCUT2D eigenvalue weighted by Crippen LogP contribution is 2.13. The van der Waals surface area contributed by atoms with Crippen molar-refractivity contribution < 1.29 is 4.39 Å². The molecule has 0 aliphatic heterocycles. The normalized spacial score (nSPS) is 10.7. The van der Waals surface area contributed by atoms with Crippen molar-refractivity contribution in [2.45, 2.75) is 0 Å². The van der Waals surface area contributed by atoms with Crippen LogP contribution in [0.1, 0.15) is 0 Å². The zero-order valence-electron chi connectivity index (χ0n) is 7.24. The van der Waals surface area contributed by atoms with Gasteiger partial charge >= 0.3 is 0 Å². The lowest BCUT2D eigenvalue weighted by Crippen LogP contribution is -2.06. The zero-order valence-corrected chi connectivity index (χ0v) is 8.83. The summed E-state index contributed by atoms with van der Waals surface area (Å²) < 4.78 is 14.3. The number of hydrogen-bond donors (Lipinski definition) is 1. The van der Waals surface area contributed by atoms with Crippen LogP contribution in [-0.2, 0) is 0 Å². The first kappa shape index (κ1) is 9.39. The first-order valence-electron chi connectivity index (χ1n) is 4.11. The Labute approximate surface area is 88.3 Å². The number of hydrogen-bond acceptors (Lipinski definition) is 3. The third-order valence-electron chi connectivity index (χ3n) is 1.72. The summed E-state index contributed by atoms with van der Waals surface area (Å²) in [5.41, 5.74) is 0.752. The Kier molecular flexibility index (Phi) is 2.62. The Morgan fingerprint density at radius 2 is 2.36 bits per heavy atom. The van der Waals surface area contributed by atoms with Crippen LogP contribution in [0.3, 0.4) is 0 Å². The largest absolute Gasteiger partial charge is 0.366 e. The van der Waals surface area contributed by atoms with Gasteiger partial charge in [-0.3, -0.25) is 0 Å². The van der Waals surface area contributed by atoms with Crippen molar-refractivity contribution in [3.63, 3.8) is 0 Å². The number of fused-ring (bicyclic) bond motifs is 1. The van der Waals surface area contributed by atoms with E-state index in [9.17, 15) is 4.39 Å². The van der Waals surface area contributed by atoms with Gasteiger partial charge in [-0.05, 0) is 28.1 Å². The van der Waals surface area contributed by atoms with Gasteiger partial charge in [-0.15, -0.1) is 5.10 Å². The molecular weight excluding hydrogens is 251 g/mol. The number of halogens is 2. The van der Waals surface area contributed by atoms with Gasteiger partial charge in [-0.2, -0.15) is 0 Å². The van der Waals surface area contributed by atoms with E-state index < -0.39 is 6.67 Å². The van der Waals surface area contributed by atoms with Crippen molar-refractivity contribution in [3.05, 3.63) is 22.9 Å². The van der Waals surface area contributed by atoms with E-state index in [1.165, 1.54) is 0 Å². The van der Waals surface area contributed by atoms with Crippen molar-refractivity contribution in [3.8, 4) is 0 Å². The summed E-state index contributed by atoms with van der Waals surface area (Å²) in [6, 6.07) is 3.59. The van der Waals surface area contributed by atoms with E-state index >= 15 is 0 Å². The SMILES string of the molecule is FCCNc1ccc2ncc(Br)n2n1. The average Bonchev–Trinajstić information content (AvgIpc) is 2.57. The van der Waals surface area contributed by atoms with E-state index in [1.807, 2.05) is 6.07 Å². The van der Waals surface area contributed by atoms with Gasteiger partial charge in [0.05, 0.1) is 6.20 Å². The summed E-state index contributed by atoms with van der Waals surface area (Å²) in [5.74, 6) is 0.633. The fourth-order valence-corrected chi connectivity index (χ4v) is 1.48. The third kappa shape index (κ3) is 1.70. The molecule has 1 N–H and O–H groups in total. The molecule has 2 aromatic rings. The quantitative estimate of drug-likeness (QED) is 0.914. The smallest absolute Gasteiger partial charge is 0.154 e. The van der Waals surface area contributed by atoms with E-state index in [0.29, 0.717) is 5.82 Å².